The van der Waals surface area contributed by atoms with E-state index in [4.69, 9.17) is 4.74 Å². The first kappa shape index (κ1) is 9.78. The summed E-state index contributed by atoms with van der Waals surface area (Å²) in [5.74, 6) is 0. The van der Waals surface area contributed by atoms with Crippen LogP contribution >= 0.6 is 0 Å². The minimum absolute atomic E-state index is 0.217. The summed E-state index contributed by atoms with van der Waals surface area (Å²) in [4.78, 5) is 0. The molecule has 0 N–H and O–H groups in total. The second-order valence-electron chi connectivity index (χ2n) is 1.57. The lowest BCUT2D eigenvalue weighted by atomic mass is 10.7. The third-order valence-corrected chi connectivity index (χ3v) is 0.756. The smallest absolute Gasteiger partial charge is 0.261 e. The molecule has 0 saturated carbocycles. The highest BCUT2D eigenvalue weighted by atomic mass is 19.3. The first-order valence-corrected chi connectivity index (χ1v) is 3.02. The molecule has 61 valence electrons. The molecular formula is C6H11F2O2. The SMILES string of the molecule is C[CH]OCCOCC(F)F. The molecular weight excluding hydrogens is 142 g/mol. The summed E-state index contributed by atoms with van der Waals surface area (Å²) in [5, 5.41) is 0. The van der Waals surface area contributed by atoms with E-state index in [1.54, 1.807) is 6.92 Å². The fraction of sp³-hybridized carbons (Fsp3) is 0.833. The van der Waals surface area contributed by atoms with Crippen LogP contribution in [0.4, 0.5) is 8.78 Å². The van der Waals surface area contributed by atoms with Crippen LogP contribution < -0.4 is 0 Å². The molecule has 0 amide bonds. The van der Waals surface area contributed by atoms with Crippen molar-refractivity contribution >= 4 is 0 Å². The van der Waals surface area contributed by atoms with Gasteiger partial charge in [0.25, 0.3) is 6.43 Å². The van der Waals surface area contributed by atoms with Crippen molar-refractivity contribution in [1.82, 2.24) is 0 Å². The van der Waals surface area contributed by atoms with Gasteiger partial charge in [0.15, 0.2) is 0 Å². The van der Waals surface area contributed by atoms with Crippen molar-refractivity contribution in [2.24, 2.45) is 0 Å². The van der Waals surface area contributed by atoms with Crippen LogP contribution in [-0.2, 0) is 9.47 Å². The van der Waals surface area contributed by atoms with Gasteiger partial charge in [-0.15, -0.1) is 0 Å². The maximum absolute atomic E-state index is 11.4. The van der Waals surface area contributed by atoms with Gasteiger partial charge >= 0.3 is 0 Å². The summed E-state index contributed by atoms with van der Waals surface area (Å²) in [7, 11) is 0. The number of halogens is 2. The molecule has 0 aliphatic heterocycles. The lowest BCUT2D eigenvalue weighted by Gasteiger charge is -2.01. The Bertz CT molecular complexity index is 68.8. The lowest BCUT2D eigenvalue weighted by molar-refractivity contribution is -0.000626. The molecule has 0 rings (SSSR count). The fourth-order valence-corrected chi connectivity index (χ4v) is 0.397. The first-order chi connectivity index (χ1) is 4.77. The topological polar surface area (TPSA) is 18.5 Å². The van der Waals surface area contributed by atoms with E-state index in [0.29, 0.717) is 6.61 Å². The monoisotopic (exact) mass is 153 g/mol. The molecule has 10 heavy (non-hydrogen) atoms. The quantitative estimate of drug-likeness (QED) is 0.538. The van der Waals surface area contributed by atoms with Crippen LogP contribution in [0.5, 0.6) is 0 Å². The molecule has 0 aliphatic carbocycles. The normalized spacial score (nSPS) is 10.8. The number of rotatable bonds is 6. The molecule has 0 aromatic heterocycles. The van der Waals surface area contributed by atoms with Crippen molar-refractivity contribution < 1.29 is 18.3 Å². The van der Waals surface area contributed by atoms with E-state index < -0.39 is 13.0 Å². The number of hydrogen-bond acceptors (Lipinski definition) is 2. The highest BCUT2D eigenvalue weighted by molar-refractivity contribution is 4.37. The predicted molar refractivity (Wildman–Crippen MR) is 32.7 cm³/mol. The predicted octanol–water partition coefficient (Wildman–Crippen LogP) is 1.47. The van der Waals surface area contributed by atoms with E-state index in [9.17, 15) is 8.78 Å². The number of ether oxygens (including phenoxy) is 2. The summed E-state index contributed by atoms with van der Waals surface area (Å²) < 4.78 is 32.0. The van der Waals surface area contributed by atoms with Crippen molar-refractivity contribution in [3.8, 4) is 0 Å². The van der Waals surface area contributed by atoms with Gasteiger partial charge in [0.1, 0.15) is 6.61 Å². The van der Waals surface area contributed by atoms with Crippen molar-refractivity contribution in [1.29, 1.82) is 0 Å². The van der Waals surface area contributed by atoms with Crippen LogP contribution in [0.25, 0.3) is 0 Å². The van der Waals surface area contributed by atoms with Gasteiger partial charge in [-0.2, -0.15) is 0 Å². The Morgan fingerprint density at radius 2 is 2.10 bits per heavy atom. The van der Waals surface area contributed by atoms with Crippen molar-refractivity contribution in [2.45, 2.75) is 13.3 Å². The Morgan fingerprint density at radius 1 is 1.40 bits per heavy atom. The highest BCUT2D eigenvalue weighted by Crippen LogP contribution is 1.91. The Morgan fingerprint density at radius 3 is 2.60 bits per heavy atom. The van der Waals surface area contributed by atoms with Crippen LogP contribution in [0.1, 0.15) is 6.92 Å². The average Bonchev–Trinajstić information content (AvgIpc) is 1.87. The molecule has 0 aromatic rings. The van der Waals surface area contributed by atoms with E-state index >= 15 is 0 Å². The lowest BCUT2D eigenvalue weighted by Crippen LogP contribution is -2.08. The van der Waals surface area contributed by atoms with Gasteiger partial charge in [0.2, 0.25) is 0 Å². The maximum atomic E-state index is 11.4. The fourth-order valence-electron chi connectivity index (χ4n) is 0.397. The van der Waals surface area contributed by atoms with Crippen LogP contribution in [0.3, 0.4) is 0 Å². The van der Waals surface area contributed by atoms with Crippen molar-refractivity contribution in [2.75, 3.05) is 19.8 Å². The van der Waals surface area contributed by atoms with E-state index in [-0.39, 0.29) is 6.61 Å². The Kier molecular flexibility index (Phi) is 6.74. The third kappa shape index (κ3) is 7.78. The molecule has 2 nitrogen and oxygen atoms in total. The van der Waals surface area contributed by atoms with Gasteiger partial charge in [0.05, 0.1) is 19.8 Å². The standard InChI is InChI=1S/C6H11F2O2/c1-2-9-3-4-10-5-6(7)8/h2,6H,3-5H2,1H3. The summed E-state index contributed by atoms with van der Waals surface area (Å²) in [6.45, 7) is 3.25. The van der Waals surface area contributed by atoms with Gasteiger partial charge < -0.3 is 9.47 Å². The number of alkyl halides is 2. The van der Waals surface area contributed by atoms with Crippen molar-refractivity contribution in [3.05, 3.63) is 6.61 Å². The summed E-state index contributed by atoms with van der Waals surface area (Å²) >= 11 is 0. The molecule has 4 heteroatoms. The van der Waals surface area contributed by atoms with E-state index in [1.807, 2.05) is 0 Å². The van der Waals surface area contributed by atoms with Gasteiger partial charge in [-0.1, -0.05) is 0 Å². The van der Waals surface area contributed by atoms with Crippen LogP contribution in [0.2, 0.25) is 0 Å². The minimum atomic E-state index is -2.38. The molecule has 1 radical (unpaired) electrons. The first-order valence-electron chi connectivity index (χ1n) is 3.02. The molecule has 0 unspecified atom stereocenters. The molecule has 0 aliphatic rings. The highest BCUT2D eigenvalue weighted by Gasteiger charge is 2.00. The molecule has 0 fully saturated rings. The zero-order valence-electron chi connectivity index (χ0n) is 5.85. The zero-order chi connectivity index (χ0) is 7.82. The minimum Gasteiger partial charge on any atom is -0.373 e. The van der Waals surface area contributed by atoms with Gasteiger partial charge in [-0.05, 0) is 6.92 Å². The summed E-state index contributed by atoms with van der Waals surface area (Å²) in [6, 6.07) is 0. The molecule has 0 atom stereocenters. The van der Waals surface area contributed by atoms with Gasteiger partial charge in [-0.3, -0.25) is 0 Å². The van der Waals surface area contributed by atoms with Gasteiger partial charge in [0, 0.05) is 0 Å². The molecule has 0 bridgehead atoms. The van der Waals surface area contributed by atoms with Crippen LogP contribution in [-0.4, -0.2) is 26.2 Å². The molecule has 0 saturated heterocycles. The Balaban J connectivity index is 2.77. The largest absolute Gasteiger partial charge is 0.373 e. The summed E-state index contributed by atoms with van der Waals surface area (Å²) in [6.07, 6.45) is -2.38. The van der Waals surface area contributed by atoms with Crippen molar-refractivity contribution in [3.63, 3.8) is 0 Å². The molecule has 0 aromatic carbocycles. The number of hydrogen-bond donors (Lipinski definition) is 0. The van der Waals surface area contributed by atoms with E-state index in [1.165, 1.54) is 6.61 Å². The molecule has 0 spiro atoms. The van der Waals surface area contributed by atoms with E-state index in [2.05, 4.69) is 4.74 Å². The summed E-state index contributed by atoms with van der Waals surface area (Å²) in [5.41, 5.74) is 0. The van der Waals surface area contributed by atoms with Gasteiger partial charge in [-0.25, -0.2) is 8.78 Å². The maximum Gasteiger partial charge on any atom is 0.261 e. The second kappa shape index (κ2) is 6.89. The van der Waals surface area contributed by atoms with E-state index in [0.717, 1.165) is 0 Å². The average molecular weight is 153 g/mol. The third-order valence-electron chi connectivity index (χ3n) is 0.756. The zero-order valence-corrected chi connectivity index (χ0v) is 5.85. The Labute approximate surface area is 59.1 Å². The second-order valence-corrected chi connectivity index (χ2v) is 1.57. The van der Waals surface area contributed by atoms with Crippen LogP contribution in [0, 0.1) is 6.61 Å². The van der Waals surface area contributed by atoms with Crippen LogP contribution in [0.15, 0.2) is 0 Å². The Hall–Kier alpha value is -0.220. The molecule has 0 heterocycles.